The lowest BCUT2D eigenvalue weighted by Crippen LogP contribution is -2.31. The van der Waals surface area contributed by atoms with E-state index in [0.29, 0.717) is 33.9 Å². The number of ether oxygens (including phenoxy) is 1. The molecule has 8 nitrogen and oxygen atoms in total. The van der Waals surface area contributed by atoms with E-state index in [1.165, 1.54) is 19.2 Å². The van der Waals surface area contributed by atoms with Gasteiger partial charge in [-0.05, 0) is 24.3 Å². The lowest BCUT2D eigenvalue weighted by molar-refractivity contribution is 0.102. The molecule has 0 amide bonds. The minimum Gasteiger partial charge on any atom is -0.497 e. The molecule has 4 rings (SSSR count). The van der Waals surface area contributed by atoms with Crippen LogP contribution in [0.2, 0.25) is 0 Å². The fraction of sp³-hybridized carbons (Fsp3) is 0.227. The zero-order chi connectivity index (χ0) is 22.0. The van der Waals surface area contributed by atoms with Crippen LogP contribution in [0.3, 0.4) is 0 Å². The maximum absolute atomic E-state index is 14.2. The third kappa shape index (κ3) is 4.47. The van der Waals surface area contributed by atoms with Gasteiger partial charge in [-0.15, -0.1) is 0 Å². The average molecular weight is 423 g/mol. The number of aliphatic hydroxyl groups is 2. The molecule has 0 bridgehead atoms. The van der Waals surface area contributed by atoms with E-state index in [0.717, 1.165) is 5.56 Å². The SMILES string of the molecule is COc1cc(F)cc(N(CC(O)CO)c2ccc3ncc(-c4cnn(C)c4)nc3c2)c1. The second-order valence-corrected chi connectivity index (χ2v) is 7.13. The van der Waals surface area contributed by atoms with Crippen LogP contribution in [-0.2, 0) is 7.05 Å². The third-order valence-electron chi connectivity index (χ3n) is 4.85. The van der Waals surface area contributed by atoms with E-state index >= 15 is 0 Å². The number of aryl methyl sites for hydroxylation is 1. The van der Waals surface area contributed by atoms with E-state index < -0.39 is 18.5 Å². The number of hydrogen-bond donors (Lipinski definition) is 2. The molecule has 4 aromatic rings. The fourth-order valence-electron chi connectivity index (χ4n) is 3.31. The first-order valence-electron chi connectivity index (χ1n) is 9.63. The van der Waals surface area contributed by atoms with Crippen LogP contribution in [0.5, 0.6) is 5.75 Å². The normalized spacial score (nSPS) is 12.2. The number of fused-ring (bicyclic) bond motifs is 1. The van der Waals surface area contributed by atoms with Crippen molar-refractivity contribution >= 4 is 22.4 Å². The molecule has 2 heterocycles. The molecule has 0 aliphatic heterocycles. The van der Waals surface area contributed by atoms with Crippen LogP contribution in [0.15, 0.2) is 55.0 Å². The van der Waals surface area contributed by atoms with Gasteiger partial charge in [-0.3, -0.25) is 9.67 Å². The van der Waals surface area contributed by atoms with Gasteiger partial charge in [-0.1, -0.05) is 0 Å². The molecule has 1 unspecified atom stereocenters. The number of rotatable bonds is 7. The van der Waals surface area contributed by atoms with Crippen LogP contribution in [0.4, 0.5) is 15.8 Å². The van der Waals surface area contributed by atoms with Crippen LogP contribution < -0.4 is 9.64 Å². The Kier molecular flexibility index (Phi) is 5.79. The lowest BCUT2D eigenvalue weighted by atomic mass is 10.1. The molecule has 2 N–H and O–H groups in total. The summed E-state index contributed by atoms with van der Waals surface area (Å²) in [5, 5.41) is 23.6. The maximum Gasteiger partial charge on any atom is 0.128 e. The Hall–Kier alpha value is -3.56. The van der Waals surface area contributed by atoms with Crippen LogP contribution in [0, 0.1) is 5.82 Å². The third-order valence-corrected chi connectivity index (χ3v) is 4.85. The number of aliphatic hydroxyl groups excluding tert-OH is 2. The molecule has 0 radical (unpaired) electrons. The highest BCUT2D eigenvalue weighted by Crippen LogP contribution is 2.31. The summed E-state index contributed by atoms with van der Waals surface area (Å²) in [6.45, 7) is -0.383. The van der Waals surface area contributed by atoms with E-state index in [2.05, 4.69) is 10.1 Å². The Labute approximate surface area is 178 Å². The predicted molar refractivity (Wildman–Crippen MR) is 115 cm³/mol. The minimum absolute atomic E-state index is 0.0460. The molecule has 0 saturated heterocycles. The summed E-state index contributed by atoms with van der Waals surface area (Å²) in [4.78, 5) is 10.9. The van der Waals surface area contributed by atoms with E-state index in [1.54, 1.807) is 34.1 Å². The van der Waals surface area contributed by atoms with Gasteiger partial charge in [-0.2, -0.15) is 5.10 Å². The van der Waals surface area contributed by atoms with Gasteiger partial charge in [0.2, 0.25) is 0 Å². The zero-order valence-electron chi connectivity index (χ0n) is 17.1. The number of benzene rings is 2. The number of nitrogens with zero attached hydrogens (tertiary/aromatic N) is 5. The van der Waals surface area contributed by atoms with Gasteiger partial charge in [0.15, 0.2) is 0 Å². The molecular weight excluding hydrogens is 401 g/mol. The van der Waals surface area contributed by atoms with Gasteiger partial charge < -0.3 is 19.8 Å². The van der Waals surface area contributed by atoms with Crippen LogP contribution in [-0.4, -0.2) is 56.3 Å². The Balaban J connectivity index is 1.80. The Bertz CT molecular complexity index is 1210. The predicted octanol–water partition coefficient (Wildman–Crippen LogP) is 2.67. The Morgan fingerprint density at radius 2 is 1.97 bits per heavy atom. The number of methoxy groups -OCH3 is 1. The quantitative estimate of drug-likeness (QED) is 0.472. The van der Waals surface area contributed by atoms with E-state index in [-0.39, 0.29) is 6.54 Å². The molecule has 0 aliphatic carbocycles. The number of anilines is 2. The topological polar surface area (TPSA) is 96.5 Å². The maximum atomic E-state index is 14.2. The minimum atomic E-state index is -1.03. The first kappa shape index (κ1) is 20.7. The second-order valence-electron chi connectivity index (χ2n) is 7.13. The van der Waals surface area contributed by atoms with Crippen molar-refractivity contribution in [2.45, 2.75) is 6.10 Å². The Morgan fingerprint density at radius 1 is 1.13 bits per heavy atom. The van der Waals surface area contributed by atoms with Crippen molar-refractivity contribution in [3.05, 3.63) is 60.8 Å². The molecule has 0 aliphatic rings. The number of halogens is 1. The molecule has 9 heteroatoms. The van der Waals surface area contributed by atoms with E-state index in [1.807, 2.05) is 25.4 Å². The molecule has 2 aromatic heterocycles. The lowest BCUT2D eigenvalue weighted by Gasteiger charge is -2.27. The van der Waals surface area contributed by atoms with E-state index in [4.69, 9.17) is 9.72 Å². The van der Waals surface area contributed by atoms with Crippen molar-refractivity contribution in [1.82, 2.24) is 19.7 Å². The molecule has 1 atom stereocenters. The van der Waals surface area contributed by atoms with Gasteiger partial charge in [0.25, 0.3) is 0 Å². The molecule has 0 fully saturated rings. The van der Waals surface area contributed by atoms with Gasteiger partial charge in [-0.25, -0.2) is 9.37 Å². The van der Waals surface area contributed by atoms with Crippen molar-refractivity contribution in [2.24, 2.45) is 7.05 Å². The van der Waals surface area contributed by atoms with Gasteiger partial charge in [0, 0.05) is 42.3 Å². The summed E-state index contributed by atoms with van der Waals surface area (Å²) in [6, 6.07) is 9.70. The largest absolute Gasteiger partial charge is 0.497 e. The highest BCUT2D eigenvalue weighted by atomic mass is 19.1. The molecule has 160 valence electrons. The van der Waals surface area contributed by atoms with Crippen LogP contribution in [0.1, 0.15) is 0 Å². The summed E-state index contributed by atoms with van der Waals surface area (Å²) in [5.41, 5.74) is 3.96. The highest BCUT2D eigenvalue weighted by Gasteiger charge is 2.17. The zero-order valence-corrected chi connectivity index (χ0v) is 17.1. The number of hydrogen-bond acceptors (Lipinski definition) is 7. The number of aromatic nitrogens is 4. The summed E-state index contributed by atoms with van der Waals surface area (Å²) in [5.74, 6) is -0.129. The molecular formula is C22H22FN5O3. The first-order valence-corrected chi connectivity index (χ1v) is 9.63. The van der Waals surface area contributed by atoms with Crippen LogP contribution >= 0.6 is 0 Å². The van der Waals surface area contributed by atoms with E-state index in [9.17, 15) is 14.6 Å². The average Bonchev–Trinajstić information content (AvgIpc) is 3.22. The highest BCUT2D eigenvalue weighted by molar-refractivity contribution is 5.82. The second kappa shape index (κ2) is 8.66. The van der Waals surface area contributed by atoms with Gasteiger partial charge in [0.05, 0.1) is 55.5 Å². The monoisotopic (exact) mass is 423 g/mol. The fourth-order valence-corrected chi connectivity index (χ4v) is 3.31. The summed E-state index contributed by atoms with van der Waals surface area (Å²) in [6.07, 6.45) is 4.22. The smallest absolute Gasteiger partial charge is 0.128 e. The summed E-state index contributed by atoms with van der Waals surface area (Å²) >= 11 is 0. The summed E-state index contributed by atoms with van der Waals surface area (Å²) < 4.78 is 21.0. The van der Waals surface area contributed by atoms with Crippen molar-refractivity contribution in [3.63, 3.8) is 0 Å². The molecule has 31 heavy (non-hydrogen) atoms. The van der Waals surface area contributed by atoms with Crippen molar-refractivity contribution < 1.29 is 19.3 Å². The van der Waals surface area contributed by atoms with Crippen molar-refractivity contribution in [2.75, 3.05) is 25.2 Å². The summed E-state index contributed by atoms with van der Waals surface area (Å²) in [7, 11) is 3.28. The standard InChI is InChI=1S/C22H22FN5O3/c1-27-11-14(9-25-27)22-10-24-20-4-3-16(8-21(20)26-22)28(12-18(30)13-29)17-5-15(23)6-19(7-17)31-2/h3-11,18,29-30H,12-13H2,1-2H3. The van der Waals surface area contributed by atoms with Crippen LogP contribution in [0.25, 0.3) is 22.3 Å². The molecule has 2 aromatic carbocycles. The molecule has 0 saturated carbocycles. The Morgan fingerprint density at radius 3 is 2.68 bits per heavy atom. The van der Waals surface area contributed by atoms with Crippen molar-refractivity contribution in [1.29, 1.82) is 0 Å². The van der Waals surface area contributed by atoms with Crippen molar-refractivity contribution in [3.8, 4) is 17.0 Å². The van der Waals surface area contributed by atoms with Gasteiger partial charge in [0.1, 0.15) is 11.6 Å². The van der Waals surface area contributed by atoms with Gasteiger partial charge >= 0.3 is 0 Å². The molecule has 0 spiro atoms. The first-order chi connectivity index (χ1) is 15.0.